The van der Waals surface area contributed by atoms with Gasteiger partial charge in [-0.05, 0) is 32.1 Å². The van der Waals surface area contributed by atoms with Crippen LogP contribution in [0.25, 0.3) is 10.9 Å². The van der Waals surface area contributed by atoms with Crippen molar-refractivity contribution in [2.75, 3.05) is 20.6 Å². The van der Waals surface area contributed by atoms with Crippen LogP contribution in [0.2, 0.25) is 1.41 Å². The van der Waals surface area contributed by atoms with Crippen LogP contribution in [0.1, 0.15) is 9.68 Å². The van der Waals surface area contributed by atoms with E-state index in [1.165, 1.54) is 6.07 Å². The fourth-order valence-corrected chi connectivity index (χ4v) is 1.40. The first kappa shape index (κ1) is 5.56. The third kappa shape index (κ3) is 1.80. The second kappa shape index (κ2) is 3.84. The largest absolute Gasteiger partial charge is 0.361 e. The predicted octanol–water partition coefficient (Wildman–Crippen LogP) is 2.27. The lowest BCUT2D eigenvalue weighted by Crippen LogP contribution is -2.14. The van der Waals surface area contributed by atoms with Crippen molar-refractivity contribution in [3.8, 4) is 0 Å². The molecule has 2 rings (SSSR count). The standard InChI is InChI=1S/C12H16N2/c1-14(2)8-7-10-9-13-12-6-4-3-5-11(10)12/h3-6,9,13H,7-8H2,1-2H3/i3D,5D,9D/hD. The highest BCUT2D eigenvalue weighted by atomic mass is 15.0. The molecule has 0 aliphatic rings. The van der Waals surface area contributed by atoms with E-state index in [0.717, 1.165) is 11.5 Å². The van der Waals surface area contributed by atoms with Crippen molar-refractivity contribution in [1.82, 2.24) is 9.88 Å². The molecule has 14 heavy (non-hydrogen) atoms. The van der Waals surface area contributed by atoms with Gasteiger partial charge in [0.15, 0.2) is 1.41 Å². The molecule has 0 aliphatic carbocycles. The summed E-state index contributed by atoms with van der Waals surface area (Å²) in [5, 5.41) is 0.573. The van der Waals surface area contributed by atoms with Crippen LogP contribution < -0.4 is 0 Å². The highest BCUT2D eigenvalue weighted by Gasteiger charge is 2.02. The number of hydrogen-bond acceptors (Lipinski definition) is 1. The number of H-pyrrole nitrogens is 1. The van der Waals surface area contributed by atoms with E-state index in [1.807, 2.05) is 19.0 Å². The van der Waals surface area contributed by atoms with Crippen molar-refractivity contribution in [2.45, 2.75) is 6.42 Å². The summed E-state index contributed by atoms with van der Waals surface area (Å²) in [4.78, 5) is 3.04. The lowest BCUT2D eigenvalue weighted by molar-refractivity contribution is 0.414. The molecule has 0 atom stereocenters. The summed E-state index contributed by atoms with van der Waals surface area (Å²) in [6.45, 7) is 0.757. The van der Waals surface area contributed by atoms with Gasteiger partial charge in [0.25, 0.3) is 0 Å². The molecule has 1 aromatic carbocycles. The van der Waals surface area contributed by atoms with Gasteiger partial charge < -0.3 is 9.88 Å². The van der Waals surface area contributed by atoms with Gasteiger partial charge in [-0.2, -0.15) is 0 Å². The van der Waals surface area contributed by atoms with E-state index >= 15 is 0 Å². The van der Waals surface area contributed by atoms with Gasteiger partial charge in [-0.25, -0.2) is 0 Å². The van der Waals surface area contributed by atoms with Gasteiger partial charge >= 0.3 is 0 Å². The Morgan fingerprint density at radius 3 is 3.21 bits per heavy atom. The van der Waals surface area contributed by atoms with Crippen molar-refractivity contribution in [3.05, 3.63) is 36.0 Å². The second-order valence-corrected chi connectivity index (χ2v) is 3.62. The Bertz CT molecular complexity index is 590. The maximum Gasteiger partial charge on any atom is 0.166 e. The maximum absolute atomic E-state index is 7.95. The minimum absolute atomic E-state index is 0.112. The Kier molecular flexibility index (Phi) is 1.53. The number of fused-ring (bicyclic) bond motifs is 1. The average Bonchev–Trinajstić information content (AvgIpc) is 2.55. The molecule has 1 heterocycles. The molecular weight excluding hydrogens is 172 g/mol. The Hall–Kier alpha value is -1.28. The summed E-state index contributed by atoms with van der Waals surface area (Å²) in [5.41, 5.74) is 1.22. The number of para-hydroxylation sites is 1. The molecule has 2 heteroatoms. The minimum Gasteiger partial charge on any atom is -0.361 e. The van der Waals surface area contributed by atoms with Crippen molar-refractivity contribution >= 4 is 10.9 Å². The number of benzene rings is 1. The summed E-state index contributed by atoms with van der Waals surface area (Å²) >= 11 is 0. The number of aromatic nitrogens is 1. The van der Waals surface area contributed by atoms with Crippen LogP contribution in [0.5, 0.6) is 0 Å². The SMILES string of the molecule is [2H]c1ccc2c(c1[2H])c(CCN(C)C)c([2H])n2[2H]. The molecule has 1 N–H and O–H groups in total. The molecule has 0 amide bonds. The molecule has 0 spiro atoms. The van der Waals surface area contributed by atoms with Gasteiger partial charge in [0.2, 0.25) is 0 Å². The predicted molar refractivity (Wildman–Crippen MR) is 60.6 cm³/mol. The number of likely N-dealkylation sites (N-methyl/N-ethyl adjacent to an activating group) is 1. The van der Waals surface area contributed by atoms with Gasteiger partial charge in [0.05, 0.1) is 4.11 Å². The van der Waals surface area contributed by atoms with E-state index in [2.05, 4.69) is 0 Å². The van der Waals surface area contributed by atoms with Gasteiger partial charge in [-0.15, -0.1) is 0 Å². The van der Waals surface area contributed by atoms with E-state index in [-0.39, 0.29) is 18.3 Å². The average molecular weight is 192 g/mol. The molecule has 0 saturated heterocycles. The van der Waals surface area contributed by atoms with Crippen molar-refractivity contribution < 1.29 is 5.52 Å². The van der Waals surface area contributed by atoms with Crippen LogP contribution in [-0.4, -0.2) is 30.5 Å². The Morgan fingerprint density at radius 2 is 2.43 bits per heavy atom. The van der Waals surface area contributed by atoms with Crippen LogP contribution in [0, 0.1) is 0 Å². The normalized spacial score (nSPS) is 15.4. The zero-order valence-electron chi connectivity index (χ0n) is 12.5. The molecule has 0 aliphatic heterocycles. The monoisotopic (exact) mass is 192 g/mol. The summed E-state index contributed by atoms with van der Waals surface area (Å²) in [5.74, 6) is 0. The third-order valence-electron chi connectivity index (χ3n) is 2.20. The zero-order chi connectivity index (χ0) is 13.4. The molecule has 2 nitrogen and oxygen atoms in total. The van der Waals surface area contributed by atoms with Crippen molar-refractivity contribution in [2.24, 2.45) is 0 Å². The van der Waals surface area contributed by atoms with Gasteiger partial charge in [0.1, 0.15) is 0 Å². The van der Waals surface area contributed by atoms with Crippen LogP contribution in [0.15, 0.2) is 30.4 Å². The molecule has 74 valence electrons. The molecule has 1 aromatic heterocycles. The summed E-state index contributed by atoms with van der Waals surface area (Å²) in [7, 11) is 3.89. The van der Waals surface area contributed by atoms with Crippen LogP contribution in [0.3, 0.4) is 0 Å². The molecule has 0 unspecified atom stereocenters. The summed E-state index contributed by atoms with van der Waals surface area (Å²) in [6.07, 6.45) is 0.731. The van der Waals surface area contributed by atoms with Gasteiger partial charge in [-0.3, -0.25) is 0 Å². The molecule has 0 fully saturated rings. The van der Waals surface area contributed by atoms with Crippen molar-refractivity contribution in [1.29, 1.82) is 0 Å². The fraction of sp³-hybridized carbons (Fsp3) is 0.333. The van der Waals surface area contributed by atoms with E-state index in [0.29, 0.717) is 22.9 Å². The smallest absolute Gasteiger partial charge is 0.166 e. The molecular formula is C12H16N2. The molecule has 0 radical (unpaired) electrons. The minimum atomic E-state index is 0.112. The number of hydrogen-bond donors (Lipinski definition) is 1. The van der Waals surface area contributed by atoms with Crippen LogP contribution in [-0.2, 0) is 6.42 Å². The second-order valence-electron chi connectivity index (χ2n) is 3.62. The summed E-state index contributed by atoms with van der Waals surface area (Å²) < 4.78 is 31.4. The Morgan fingerprint density at radius 1 is 1.57 bits per heavy atom. The van der Waals surface area contributed by atoms with E-state index in [1.54, 1.807) is 6.07 Å². The Balaban J connectivity index is 2.63. The highest BCUT2D eigenvalue weighted by molar-refractivity contribution is 5.83. The van der Waals surface area contributed by atoms with Gasteiger partial charge in [-0.1, -0.05) is 18.2 Å². The number of rotatable bonds is 3. The summed E-state index contributed by atoms with van der Waals surface area (Å²) in [6, 6.07) is 3.39. The quantitative estimate of drug-likeness (QED) is 0.790. The highest BCUT2D eigenvalue weighted by Crippen LogP contribution is 2.17. The molecule has 2 aromatic rings. The lowest BCUT2D eigenvalue weighted by Gasteiger charge is -2.07. The number of nitrogens with zero attached hydrogens (tertiary/aromatic N) is 1. The molecule has 0 bridgehead atoms. The maximum atomic E-state index is 7.95. The van der Waals surface area contributed by atoms with E-state index in [4.69, 9.17) is 5.52 Å². The first-order valence-corrected chi connectivity index (χ1v) is 4.67. The fourth-order valence-electron chi connectivity index (χ4n) is 1.40. The number of nitrogens with one attached hydrogen (secondary N) is 1. The Labute approximate surface area is 90.2 Å². The topological polar surface area (TPSA) is 19.0 Å². The first-order chi connectivity index (χ1) is 8.43. The van der Waals surface area contributed by atoms with Crippen LogP contribution in [0.4, 0.5) is 0 Å². The zero-order valence-corrected chi connectivity index (χ0v) is 8.46. The molecule has 0 saturated carbocycles. The lowest BCUT2D eigenvalue weighted by atomic mass is 10.1. The first-order valence-electron chi connectivity index (χ1n) is 6.62. The van der Waals surface area contributed by atoms with Crippen molar-refractivity contribution in [3.63, 3.8) is 0 Å². The number of aromatic amines is 1. The third-order valence-corrected chi connectivity index (χ3v) is 2.20. The van der Waals surface area contributed by atoms with E-state index in [9.17, 15) is 0 Å². The van der Waals surface area contributed by atoms with Crippen LogP contribution >= 0.6 is 0 Å². The van der Waals surface area contributed by atoms with E-state index < -0.39 is 0 Å². The van der Waals surface area contributed by atoms with Gasteiger partial charge in [0, 0.05) is 23.6 Å².